The van der Waals surface area contributed by atoms with Gasteiger partial charge in [0.25, 0.3) is 0 Å². The summed E-state index contributed by atoms with van der Waals surface area (Å²) in [6.45, 7) is 6.39. The van der Waals surface area contributed by atoms with Gasteiger partial charge in [0.1, 0.15) is 13.2 Å². The molecule has 0 spiro atoms. The van der Waals surface area contributed by atoms with Crippen molar-refractivity contribution in [2.45, 2.75) is 239 Å². The van der Waals surface area contributed by atoms with Crippen molar-refractivity contribution in [1.82, 2.24) is 0 Å². The second-order valence-electron chi connectivity index (χ2n) is 16.3. The highest BCUT2D eigenvalue weighted by Crippen LogP contribution is 2.14. The molecule has 6 nitrogen and oxygen atoms in total. The van der Waals surface area contributed by atoms with Gasteiger partial charge in [-0.3, -0.25) is 14.4 Å². The van der Waals surface area contributed by atoms with Gasteiger partial charge in [0.2, 0.25) is 0 Å². The summed E-state index contributed by atoms with van der Waals surface area (Å²) in [6, 6.07) is 0. The van der Waals surface area contributed by atoms with Crippen molar-refractivity contribution in [3.05, 3.63) is 72.9 Å². The van der Waals surface area contributed by atoms with Crippen molar-refractivity contribution < 1.29 is 28.6 Å². The van der Waals surface area contributed by atoms with Crippen molar-refractivity contribution in [3.63, 3.8) is 0 Å². The molecule has 0 heterocycles. The predicted molar refractivity (Wildman–Crippen MR) is 256 cm³/mol. The zero-order valence-electron chi connectivity index (χ0n) is 39.2. The minimum atomic E-state index is -0.776. The minimum Gasteiger partial charge on any atom is -0.462 e. The molecule has 0 amide bonds. The number of hydrogen-bond acceptors (Lipinski definition) is 6. The molecule has 344 valence electrons. The molecule has 0 aliphatic heterocycles. The van der Waals surface area contributed by atoms with Crippen LogP contribution in [-0.2, 0) is 28.6 Å². The van der Waals surface area contributed by atoms with Crippen LogP contribution in [0.25, 0.3) is 0 Å². The van der Waals surface area contributed by atoms with E-state index in [9.17, 15) is 14.4 Å². The lowest BCUT2D eigenvalue weighted by Gasteiger charge is -2.18. The first-order chi connectivity index (χ1) is 29.5. The van der Waals surface area contributed by atoms with E-state index in [1.807, 2.05) is 0 Å². The Labute approximate surface area is 370 Å². The summed E-state index contributed by atoms with van der Waals surface area (Å²) in [5, 5.41) is 0. The van der Waals surface area contributed by atoms with Crippen LogP contribution in [0.4, 0.5) is 0 Å². The standard InChI is InChI=1S/C54H92O6/c1-4-7-10-13-15-17-19-21-22-23-24-25-26-27-28-29-30-31-32-33-35-36-38-41-44-47-53(56)59-50-51(49-58-52(55)46-43-40-12-9-6-3)60-54(57)48-45-42-39-37-34-20-18-16-14-11-8-5-2/h7,10,15-18,21-22,24-25,27-28,51H,4-6,8-9,11-14,19-20,23,26,29-50H2,1-3H3/b10-7-,17-15-,18-16-,22-21-,25-24-,28-27-. The van der Waals surface area contributed by atoms with Crippen LogP contribution in [-0.4, -0.2) is 37.2 Å². The number of ether oxygens (including phenoxy) is 3. The highest BCUT2D eigenvalue weighted by molar-refractivity contribution is 5.71. The predicted octanol–water partition coefficient (Wildman–Crippen LogP) is 16.3. The number of esters is 3. The third kappa shape index (κ3) is 45.9. The third-order valence-electron chi connectivity index (χ3n) is 10.4. The zero-order valence-corrected chi connectivity index (χ0v) is 39.2. The Hall–Kier alpha value is -3.15. The monoisotopic (exact) mass is 837 g/mol. The summed E-state index contributed by atoms with van der Waals surface area (Å²) in [4.78, 5) is 37.6. The zero-order chi connectivity index (χ0) is 43.7. The number of rotatable bonds is 44. The van der Waals surface area contributed by atoms with Crippen LogP contribution in [0.5, 0.6) is 0 Å². The lowest BCUT2D eigenvalue weighted by Crippen LogP contribution is -2.30. The summed E-state index contributed by atoms with van der Waals surface area (Å²) in [6.07, 6.45) is 60.7. The molecule has 0 saturated heterocycles. The molecule has 0 N–H and O–H groups in total. The molecule has 0 aromatic carbocycles. The topological polar surface area (TPSA) is 78.9 Å². The van der Waals surface area contributed by atoms with Crippen LogP contribution in [0.1, 0.15) is 233 Å². The van der Waals surface area contributed by atoms with E-state index in [4.69, 9.17) is 14.2 Å². The van der Waals surface area contributed by atoms with Gasteiger partial charge in [0, 0.05) is 19.3 Å². The van der Waals surface area contributed by atoms with E-state index in [0.29, 0.717) is 19.3 Å². The number of unbranched alkanes of at least 4 members (excludes halogenated alkanes) is 21. The van der Waals surface area contributed by atoms with E-state index in [1.54, 1.807) is 0 Å². The fourth-order valence-electron chi connectivity index (χ4n) is 6.70. The first kappa shape index (κ1) is 56.9. The highest BCUT2D eigenvalue weighted by Gasteiger charge is 2.19. The van der Waals surface area contributed by atoms with Gasteiger partial charge < -0.3 is 14.2 Å². The fraction of sp³-hybridized carbons (Fsp3) is 0.722. The number of carbonyl (C=O) groups excluding carboxylic acids is 3. The first-order valence-electron chi connectivity index (χ1n) is 24.9. The lowest BCUT2D eigenvalue weighted by molar-refractivity contribution is -0.167. The van der Waals surface area contributed by atoms with Crippen molar-refractivity contribution >= 4 is 17.9 Å². The second-order valence-corrected chi connectivity index (χ2v) is 16.3. The minimum absolute atomic E-state index is 0.0812. The molecule has 1 unspecified atom stereocenters. The molecular weight excluding hydrogens is 745 g/mol. The molecule has 0 aliphatic carbocycles. The molecule has 0 fully saturated rings. The van der Waals surface area contributed by atoms with Crippen LogP contribution in [0.2, 0.25) is 0 Å². The Morgan fingerprint density at radius 2 is 0.650 bits per heavy atom. The second kappa shape index (κ2) is 48.5. The quantitative estimate of drug-likeness (QED) is 0.0263. The van der Waals surface area contributed by atoms with Gasteiger partial charge in [-0.25, -0.2) is 0 Å². The molecule has 0 aliphatic rings. The van der Waals surface area contributed by atoms with Crippen molar-refractivity contribution in [3.8, 4) is 0 Å². The van der Waals surface area contributed by atoms with Crippen LogP contribution >= 0.6 is 0 Å². The molecule has 0 radical (unpaired) electrons. The molecule has 60 heavy (non-hydrogen) atoms. The van der Waals surface area contributed by atoms with Crippen molar-refractivity contribution in [1.29, 1.82) is 0 Å². The third-order valence-corrected chi connectivity index (χ3v) is 10.4. The summed E-state index contributed by atoms with van der Waals surface area (Å²) < 4.78 is 16.6. The molecule has 0 aromatic heterocycles. The van der Waals surface area contributed by atoms with Crippen LogP contribution in [0.15, 0.2) is 72.9 Å². The van der Waals surface area contributed by atoms with E-state index < -0.39 is 6.10 Å². The SMILES string of the molecule is CC/C=C\C/C=C\C/C=C\C/C=C\C/C=C\CCCCCCCCCCCC(=O)OCC(COC(=O)CCCCCCC)OC(=O)CCCCCCC/C=C\CCCCC. The maximum atomic E-state index is 12.7. The van der Waals surface area contributed by atoms with E-state index in [1.165, 1.54) is 77.0 Å². The Morgan fingerprint density at radius 1 is 0.350 bits per heavy atom. The Bertz CT molecular complexity index is 1140. The summed E-state index contributed by atoms with van der Waals surface area (Å²) in [7, 11) is 0. The van der Waals surface area contributed by atoms with Crippen molar-refractivity contribution in [2.75, 3.05) is 13.2 Å². The molecule has 0 bridgehead atoms. The molecular formula is C54H92O6. The van der Waals surface area contributed by atoms with Gasteiger partial charge >= 0.3 is 17.9 Å². The van der Waals surface area contributed by atoms with E-state index >= 15 is 0 Å². The Kier molecular flexibility index (Phi) is 46.0. The number of hydrogen-bond donors (Lipinski definition) is 0. The Morgan fingerprint density at radius 3 is 1.07 bits per heavy atom. The molecule has 0 aromatic rings. The summed E-state index contributed by atoms with van der Waals surface area (Å²) >= 11 is 0. The van der Waals surface area contributed by atoms with Gasteiger partial charge in [-0.2, -0.15) is 0 Å². The normalized spacial score (nSPS) is 12.7. The van der Waals surface area contributed by atoms with Gasteiger partial charge in [-0.15, -0.1) is 0 Å². The highest BCUT2D eigenvalue weighted by atomic mass is 16.6. The average Bonchev–Trinajstić information content (AvgIpc) is 3.24. The maximum absolute atomic E-state index is 12.7. The molecule has 0 saturated carbocycles. The Balaban J connectivity index is 4.12. The molecule has 0 rings (SSSR count). The lowest BCUT2D eigenvalue weighted by atomic mass is 10.1. The van der Waals surface area contributed by atoms with Gasteiger partial charge in [-0.05, 0) is 89.9 Å². The smallest absolute Gasteiger partial charge is 0.306 e. The van der Waals surface area contributed by atoms with E-state index in [2.05, 4.69) is 93.7 Å². The van der Waals surface area contributed by atoms with Gasteiger partial charge in [0.15, 0.2) is 6.10 Å². The van der Waals surface area contributed by atoms with Crippen molar-refractivity contribution in [2.24, 2.45) is 0 Å². The van der Waals surface area contributed by atoms with Gasteiger partial charge in [0.05, 0.1) is 0 Å². The molecule has 6 heteroatoms. The van der Waals surface area contributed by atoms with E-state index in [-0.39, 0.29) is 31.1 Å². The van der Waals surface area contributed by atoms with Gasteiger partial charge in [-0.1, -0.05) is 196 Å². The van der Waals surface area contributed by atoms with E-state index in [0.717, 1.165) is 116 Å². The van der Waals surface area contributed by atoms with Crippen LogP contribution in [0.3, 0.4) is 0 Å². The fourth-order valence-corrected chi connectivity index (χ4v) is 6.70. The summed E-state index contributed by atoms with van der Waals surface area (Å²) in [5.41, 5.74) is 0. The largest absolute Gasteiger partial charge is 0.462 e. The number of carbonyl (C=O) groups is 3. The maximum Gasteiger partial charge on any atom is 0.306 e. The van der Waals surface area contributed by atoms with Crippen LogP contribution < -0.4 is 0 Å². The first-order valence-corrected chi connectivity index (χ1v) is 24.9. The van der Waals surface area contributed by atoms with Crippen LogP contribution in [0, 0.1) is 0 Å². The number of allylic oxidation sites excluding steroid dienone is 12. The summed E-state index contributed by atoms with van der Waals surface area (Å²) in [5.74, 6) is -0.912. The average molecular weight is 837 g/mol. The molecule has 1 atom stereocenters.